The van der Waals surface area contributed by atoms with Gasteiger partial charge in [0.15, 0.2) is 5.65 Å². The number of rotatable bonds is 4. The third-order valence-corrected chi connectivity index (χ3v) is 5.74. The van der Waals surface area contributed by atoms with Crippen molar-refractivity contribution in [2.45, 2.75) is 52.2 Å². The smallest absolute Gasteiger partial charge is 0.410 e. The van der Waals surface area contributed by atoms with Crippen molar-refractivity contribution in [1.29, 1.82) is 0 Å². The number of pyridine rings is 1. The molecule has 0 radical (unpaired) electrons. The largest absolute Gasteiger partial charge is 0.474 e. The van der Waals surface area contributed by atoms with Crippen LogP contribution in [0.1, 0.15) is 39.3 Å². The van der Waals surface area contributed by atoms with Crippen LogP contribution in [0.2, 0.25) is 0 Å². The van der Waals surface area contributed by atoms with Crippen LogP contribution in [0.25, 0.3) is 16.8 Å². The number of carbonyl (C=O) groups is 1. The molecule has 1 amide bonds. The highest BCUT2D eigenvalue weighted by molar-refractivity contribution is 5.83. The van der Waals surface area contributed by atoms with Crippen LogP contribution in [0, 0.1) is 6.92 Å². The molecule has 1 aliphatic heterocycles. The van der Waals surface area contributed by atoms with Gasteiger partial charge in [-0.05, 0) is 58.7 Å². The molecular weight excluding hydrogens is 420 g/mol. The van der Waals surface area contributed by atoms with Crippen molar-refractivity contribution < 1.29 is 14.3 Å². The van der Waals surface area contributed by atoms with Gasteiger partial charge < -0.3 is 19.3 Å². The van der Waals surface area contributed by atoms with Crippen molar-refractivity contribution in [2.24, 2.45) is 0 Å². The number of aryl methyl sites for hydroxylation is 1. The van der Waals surface area contributed by atoms with E-state index in [0.29, 0.717) is 32.1 Å². The summed E-state index contributed by atoms with van der Waals surface area (Å²) in [7, 11) is 0. The van der Waals surface area contributed by atoms with Gasteiger partial charge in [0.1, 0.15) is 17.5 Å². The fraction of sp³-hybridized carbons (Fsp3) is 0.500. The van der Waals surface area contributed by atoms with Crippen LogP contribution in [0.5, 0.6) is 5.88 Å². The van der Waals surface area contributed by atoms with E-state index in [1.165, 1.54) is 0 Å². The van der Waals surface area contributed by atoms with Gasteiger partial charge in [-0.25, -0.2) is 19.3 Å². The molecule has 0 bridgehead atoms. The molecule has 4 heterocycles. The Kier molecular flexibility index (Phi) is 5.34. The van der Waals surface area contributed by atoms with Crippen molar-refractivity contribution in [3.05, 3.63) is 36.3 Å². The van der Waals surface area contributed by atoms with E-state index in [9.17, 15) is 4.79 Å². The highest BCUT2D eigenvalue weighted by atomic mass is 16.6. The average molecular weight is 451 g/mol. The van der Waals surface area contributed by atoms with E-state index in [1.54, 1.807) is 15.6 Å². The molecule has 0 aromatic carbocycles. The number of carbonyl (C=O) groups excluding carboxylic acids is 1. The second-order valence-electron chi connectivity index (χ2n) is 9.64. The van der Waals surface area contributed by atoms with Gasteiger partial charge in [-0.2, -0.15) is 5.10 Å². The highest BCUT2D eigenvalue weighted by Crippen LogP contribution is 2.36. The Morgan fingerprint density at radius 1 is 1.12 bits per heavy atom. The number of hydrogen-bond acceptors (Lipinski definition) is 7. The predicted molar refractivity (Wildman–Crippen MR) is 125 cm³/mol. The van der Waals surface area contributed by atoms with Crippen LogP contribution < -0.4 is 9.64 Å². The summed E-state index contributed by atoms with van der Waals surface area (Å²) in [5.41, 5.74) is 3.01. The Labute approximate surface area is 193 Å². The first-order chi connectivity index (χ1) is 15.8. The van der Waals surface area contributed by atoms with Gasteiger partial charge in [-0.15, -0.1) is 0 Å². The lowest BCUT2D eigenvalue weighted by molar-refractivity contribution is 0.0240. The maximum atomic E-state index is 12.4. The molecule has 1 saturated carbocycles. The number of ether oxygens (including phenoxy) is 2. The summed E-state index contributed by atoms with van der Waals surface area (Å²) < 4.78 is 13.4. The minimum Gasteiger partial charge on any atom is -0.474 e. The molecule has 33 heavy (non-hydrogen) atoms. The molecule has 9 nitrogen and oxygen atoms in total. The molecule has 1 saturated heterocycles. The van der Waals surface area contributed by atoms with E-state index in [4.69, 9.17) is 14.5 Å². The summed E-state index contributed by atoms with van der Waals surface area (Å²) in [4.78, 5) is 25.8. The van der Waals surface area contributed by atoms with Crippen LogP contribution in [-0.2, 0) is 4.74 Å². The number of fused-ring (bicyclic) bond motifs is 1. The van der Waals surface area contributed by atoms with Crippen molar-refractivity contribution in [3.8, 4) is 17.0 Å². The van der Waals surface area contributed by atoms with Gasteiger partial charge in [-0.3, -0.25) is 0 Å². The maximum absolute atomic E-state index is 12.4. The van der Waals surface area contributed by atoms with Crippen molar-refractivity contribution in [3.63, 3.8) is 0 Å². The Bertz CT molecular complexity index is 1170. The molecule has 5 rings (SSSR count). The number of piperazine rings is 1. The first kappa shape index (κ1) is 21.5. The fourth-order valence-corrected chi connectivity index (χ4v) is 3.98. The van der Waals surface area contributed by atoms with Crippen molar-refractivity contribution >= 4 is 17.6 Å². The minimum atomic E-state index is -0.495. The highest BCUT2D eigenvalue weighted by Gasteiger charge is 2.28. The molecule has 3 aromatic rings. The van der Waals surface area contributed by atoms with Crippen molar-refractivity contribution in [1.82, 2.24) is 24.5 Å². The monoisotopic (exact) mass is 450 g/mol. The molecule has 174 valence electrons. The fourth-order valence-electron chi connectivity index (χ4n) is 3.98. The zero-order valence-electron chi connectivity index (χ0n) is 19.6. The second-order valence-corrected chi connectivity index (χ2v) is 9.64. The predicted octanol–water partition coefficient (Wildman–Crippen LogP) is 3.70. The number of amides is 1. The van der Waals surface area contributed by atoms with Gasteiger partial charge in [0.05, 0.1) is 11.3 Å². The van der Waals surface area contributed by atoms with Gasteiger partial charge in [-0.1, -0.05) is 0 Å². The SMILES string of the molecule is Cc1nn2ccc(N3CCN(C(=O)OC(C)(C)C)CC3)nc2c1-c1cccnc1OC1CC1. The molecule has 0 unspecified atom stereocenters. The van der Waals surface area contributed by atoms with E-state index < -0.39 is 5.60 Å². The van der Waals surface area contributed by atoms with E-state index in [-0.39, 0.29) is 12.2 Å². The third kappa shape index (κ3) is 4.58. The number of hydrogen-bond donors (Lipinski definition) is 0. The van der Waals surface area contributed by atoms with Crippen LogP contribution >= 0.6 is 0 Å². The van der Waals surface area contributed by atoms with Gasteiger partial charge >= 0.3 is 6.09 Å². The summed E-state index contributed by atoms with van der Waals surface area (Å²) in [5, 5.41) is 4.66. The summed E-state index contributed by atoms with van der Waals surface area (Å²) in [6.07, 6.45) is 5.82. The molecule has 1 aliphatic carbocycles. The van der Waals surface area contributed by atoms with Crippen molar-refractivity contribution in [2.75, 3.05) is 31.1 Å². The van der Waals surface area contributed by atoms with Gasteiger partial charge in [0, 0.05) is 44.1 Å². The van der Waals surface area contributed by atoms with E-state index in [2.05, 4.69) is 15.0 Å². The Balaban J connectivity index is 1.39. The Hall–Kier alpha value is -3.36. The third-order valence-electron chi connectivity index (χ3n) is 5.74. The minimum absolute atomic E-state index is 0.255. The standard InChI is InChI=1S/C24H30N6O3/c1-16-20(18-6-5-10-25-22(18)32-17-7-8-17)21-26-19(9-11-30(21)27-16)28-12-14-29(15-13-28)23(31)33-24(2,3)4/h5-6,9-11,17H,7-8,12-15H2,1-4H3. The van der Waals surface area contributed by atoms with E-state index in [1.807, 2.05) is 52.1 Å². The molecule has 9 heteroatoms. The zero-order valence-corrected chi connectivity index (χ0v) is 19.6. The number of aromatic nitrogens is 4. The van der Waals surface area contributed by atoms with Gasteiger partial charge in [0.2, 0.25) is 5.88 Å². The second kappa shape index (κ2) is 8.20. The topological polar surface area (TPSA) is 85.1 Å². The summed E-state index contributed by atoms with van der Waals surface area (Å²) in [5.74, 6) is 1.50. The number of anilines is 1. The first-order valence-corrected chi connectivity index (χ1v) is 11.5. The lowest BCUT2D eigenvalue weighted by Gasteiger charge is -2.36. The first-order valence-electron chi connectivity index (χ1n) is 11.5. The molecule has 3 aromatic heterocycles. The summed E-state index contributed by atoms with van der Waals surface area (Å²) in [6.45, 7) is 10.2. The van der Waals surface area contributed by atoms with Gasteiger partial charge in [0.25, 0.3) is 0 Å². The maximum Gasteiger partial charge on any atom is 0.410 e. The molecule has 0 atom stereocenters. The molecule has 0 N–H and O–H groups in total. The zero-order chi connectivity index (χ0) is 23.2. The number of nitrogens with zero attached hydrogens (tertiary/aromatic N) is 6. The average Bonchev–Trinajstić information content (AvgIpc) is 3.53. The Morgan fingerprint density at radius 3 is 2.58 bits per heavy atom. The lowest BCUT2D eigenvalue weighted by atomic mass is 10.1. The normalized spacial score (nSPS) is 16.8. The van der Waals surface area contributed by atoms with Crippen LogP contribution in [0.15, 0.2) is 30.6 Å². The van der Waals surface area contributed by atoms with Crippen LogP contribution in [0.4, 0.5) is 10.6 Å². The molecular formula is C24H30N6O3. The lowest BCUT2D eigenvalue weighted by Crippen LogP contribution is -2.50. The Morgan fingerprint density at radius 2 is 1.88 bits per heavy atom. The van der Waals surface area contributed by atoms with Crippen LogP contribution in [0.3, 0.4) is 0 Å². The summed E-state index contributed by atoms with van der Waals surface area (Å²) in [6, 6.07) is 5.90. The molecule has 2 fully saturated rings. The van der Waals surface area contributed by atoms with Crippen LogP contribution in [-0.4, -0.2) is 68.5 Å². The molecule has 2 aliphatic rings. The quantitative estimate of drug-likeness (QED) is 0.599. The van der Waals surface area contributed by atoms with E-state index >= 15 is 0 Å². The summed E-state index contributed by atoms with van der Waals surface area (Å²) >= 11 is 0. The molecule has 0 spiro atoms. The van der Waals surface area contributed by atoms with E-state index in [0.717, 1.165) is 41.1 Å².